The molecule has 45 heavy (non-hydrogen) atoms. The molecule has 254 valence electrons. The van der Waals surface area contributed by atoms with Gasteiger partial charge >= 0.3 is 36.4 Å². The fourth-order valence-corrected chi connectivity index (χ4v) is 4.39. The van der Waals surface area contributed by atoms with Gasteiger partial charge in [0.1, 0.15) is 5.01 Å². The maximum absolute atomic E-state index is 10.6. The van der Waals surface area contributed by atoms with E-state index < -0.39 is 36.4 Å². The van der Waals surface area contributed by atoms with E-state index in [1.807, 2.05) is 25.3 Å². The van der Waals surface area contributed by atoms with E-state index in [4.69, 9.17) is 34.4 Å². The number of aryl methyl sites for hydroxylation is 1. The number of halogens is 9. The van der Waals surface area contributed by atoms with Crippen molar-refractivity contribution < 1.29 is 74.0 Å². The van der Waals surface area contributed by atoms with Crippen molar-refractivity contribution in [2.75, 3.05) is 26.2 Å². The molecule has 2 fully saturated rings. The van der Waals surface area contributed by atoms with Crippen LogP contribution in [0.2, 0.25) is 0 Å². The Bertz CT molecular complexity index is 1170. The highest BCUT2D eigenvalue weighted by Crippen LogP contribution is 2.26. The number of carbonyl (C=O) groups is 3. The fourth-order valence-electron chi connectivity index (χ4n) is 3.73. The third-order valence-corrected chi connectivity index (χ3v) is 6.41. The minimum Gasteiger partial charge on any atom is -0.475 e. The van der Waals surface area contributed by atoms with E-state index in [-0.39, 0.29) is 0 Å². The first kappa shape index (κ1) is 39.5. The number of rotatable bonds is 5. The molecule has 2 aliphatic rings. The van der Waals surface area contributed by atoms with Crippen molar-refractivity contribution in [3.05, 3.63) is 46.2 Å². The number of ether oxygens (including phenoxy) is 1. The van der Waals surface area contributed by atoms with Gasteiger partial charge in [0.15, 0.2) is 0 Å². The minimum atomic E-state index is -5.08. The molecule has 21 heteroatoms. The summed E-state index contributed by atoms with van der Waals surface area (Å²) in [6.07, 6.45) is -11.9. The van der Waals surface area contributed by atoms with E-state index in [2.05, 4.69) is 31.2 Å². The van der Waals surface area contributed by atoms with Crippen LogP contribution in [0.1, 0.15) is 22.8 Å². The molecule has 2 aromatic rings. The van der Waals surface area contributed by atoms with E-state index in [0.29, 0.717) is 18.8 Å². The summed E-state index contributed by atoms with van der Waals surface area (Å²) in [5.41, 5.74) is 2.09. The lowest BCUT2D eigenvalue weighted by Gasteiger charge is -2.36. The molecule has 3 N–H and O–H groups in total. The highest BCUT2D eigenvalue weighted by Gasteiger charge is 2.40. The molecule has 2 saturated heterocycles. The van der Waals surface area contributed by atoms with Crippen molar-refractivity contribution in [3.8, 4) is 0 Å². The van der Waals surface area contributed by atoms with Gasteiger partial charge < -0.3 is 20.1 Å². The van der Waals surface area contributed by atoms with Gasteiger partial charge in [0.05, 0.1) is 24.9 Å². The quantitative estimate of drug-likeness (QED) is 0.388. The number of nitrogens with zero attached hydrogens (tertiary/aromatic N) is 4. The largest absolute Gasteiger partial charge is 0.490 e. The number of carboxylic acid groups (broad SMARTS) is 3. The molecule has 0 amide bonds. The summed E-state index contributed by atoms with van der Waals surface area (Å²) in [6, 6.07) is 6.74. The van der Waals surface area contributed by atoms with Gasteiger partial charge in [0.2, 0.25) is 0 Å². The molecule has 0 bridgehead atoms. The van der Waals surface area contributed by atoms with Crippen LogP contribution in [0.25, 0.3) is 0 Å². The highest BCUT2D eigenvalue weighted by atomic mass is 32.1. The molecule has 0 radical (unpaired) electrons. The Balaban J connectivity index is 0.000000396. The second kappa shape index (κ2) is 17.2. The van der Waals surface area contributed by atoms with E-state index in [1.165, 1.54) is 5.01 Å². The van der Waals surface area contributed by atoms with Crippen LogP contribution in [-0.4, -0.2) is 110 Å². The number of hydrogen-bond acceptors (Lipinski definition) is 9. The molecule has 4 heterocycles. The number of carboxylic acids is 3. The van der Waals surface area contributed by atoms with E-state index in [1.54, 1.807) is 11.3 Å². The Hall–Kier alpha value is -3.56. The SMILES string of the molecule is Cc1cccc(CO[C@@H]2C[C@H]3CN(Cc4nccs4)CCN3C2)n1.O=C(O)C(F)(F)F.O=C(O)C(F)(F)F.O=C(O)C(F)(F)F. The van der Waals surface area contributed by atoms with Crippen LogP contribution in [0, 0.1) is 6.92 Å². The second-order valence-corrected chi connectivity index (χ2v) is 10.1. The number of thiazole rings is 1. The predicted molar refractivity (Wildman–Crippen MR) is 136 cm³/mol. The molecular formula is C24H27F9N4O7S. The zero-order valence-electron chi connectivity index (χ0n) is 23.1. The lowest BCUT2D eigenvalue weighted by molar-refractivity contribution is -0.193. The number of alkyl halides is 9. The Morgan fingerprint density at radius 1 is 0.911 bits per heavy atom. The first-order valence-corrected chi connectivity index (χ1v) is 13.3. The molecule has 2 aliphatic heterocycles. The smallest absolute Gasteiger partial charge is 0.475 e. The van der Waals surface area contributed by atoms with Crippen molar-refractivity contribution in [1.82, 2.24) is 19.8 Å². The first-order valence-electron chi connectivity index (χ1n) is 12.4. The summed E-state index contributed by atoms with van der Waals surface area (Å²) in [7, 11) is 0. The van der Waals surface area contributed by atoms with Crippen LogP contribution in [0.4, 0.5) is 39.5 Å². The number of aliphatic carboxylic acids is 3. The van der Waals surface area contributed by atoms with E-state index in [0.717, 1.165) is 50.5 Å². The monoisotopic (exact) mass is 686 g/mol. The summed E-state index contributed by atoms with van der Waals surface area (Å²) >= 11 is 1.75. The summed E-state index contributed by atoms with van der Waals surface area (Å²) in [4.78, 5) is 40.7. The van der Waals surface area contributed by atoms with Gasteiger partial charge in [-0.2, -0.15) is 39.5 Å². The molecule has 0 spiro atoms. The average molecular weight is 687 g/mol. The van der Waals surface area contributed by atoms with Gasteiger partial charge in [0.25, 0.3) is 0 Å². The zero-order valence-corrected chi connectivity index (χ0v) is 23.9. The summed E-state index contributed by atoms with van der Waals surface area (Å²) in [6.45, 7) is 8.08. The number of fused-ring (bicyclic) bond motifs is 1. The molecule has 0 aromatic carbocycles. The molecule has 2 aromatic heterocycles. The predicted octanol–water partition coefficient (Wildman–Crippen LogP) is 4.22. The second-order valence-electron chi connectivity index (χ2n) is 9.16. The summed E-state index contributed by atoms with van der Waals surface area (Å²) < 4.78 is 101. The molecule has 0 saturated carbocycles. The van der Waals surface area contributed by atoms with Gasteiger partial charge in [-0.3, -0.25) is 14.8 Å². The molecular weight excluding hydrogens is 659 g/mol. The van der Waals surface area contributed by atoms with Crippen LogP contribution in [0.5, 0.6) is 0 Å². The highest BCUT2D eigenvalue weighted by molar-refractivity contribution is 7.09. The molecule has 4 rings (SSSR count). The zero-order chi connectivity index (χ0) is 34.6. The van der Waals surface area contributed by atoms with E-state index in [9.17, 15) is 39.5 Å². The number of pyridine rings is 1. The molecule has 0 aliphatic carbocycles. The van der Waals surface area contributed by atoms with Crippen LogP contribution < -0.4 is 0 Å². The molecule has 11 nitrogen and oxygen atoms in total. The Morgan fingerprint density at radius 2 is 1.44 bits per heavy atom. The standard InChI is InChI=1S/C18H24N4OS.3C2HF3O2/c1-14-3-2-4-15(20-14)13-23-17-9-16-10-21(6-7-22(16)11-17)12-18-19-5-8-24-18;3*3-2(4,5)1(6)7/h2-5,8,16-17H,6-7,9-13H2,1H3;3*(H,6,7)/t16-,17+;;;/m0.../s1. The lowest BCUT2D eigenvalue weighted by atomic mass is 10.1. The van der Waals surface area contributed by atoms with Crippen LogP contribution >= 0.6 is 11.3 Å². The topological polar surface area (TPSA) is 153 Å². The van der Waals surface area contributed by atoms with Gasteiger partial charge in [-0.25, -0.2) is 19.4 Å². The van der Waals surface area contributed by atoms with Crippen molar-refractivity contribution in [2.45, 2.75) is 57.2 Å². The summed E-state index contributed by atoms with van der Waals surface area (Å²) in [5.74, 6) is -8.27. The Kier molecular flexibility index (Phi) is 15.1. The van der Waals surface area contributed by atoms with Crippen LogP contribution in [0.15, 0.2) is 29.8 Å². The van der Waals surface area contributed by atoms with E-state index >= 15 is 0 Å². The van der Waals surface area contributed by atoms with Crippen molar-refractivity contribution >= 4 is 29.2 Å². The number of hydrogen-bond donors (Lipinski definition) is 3. The first-order chi connectivity index (χ1) is 20.6. The third-order valence-electron chi connectivity index (χ3n) is 5.64. The third kappa shape index (κ3) is 15.8. The Morgan fingerprint density at radius 3 is 1.89 bits per heavy atom. The maximum atomic E-state index is 10.6. The Labute approximate surface area is 252 Å². The van der Waals surface area contributed by atoms with Crippen LogP contribution in [0.3, 0.4) is 0 Å². The maximum Gasteiger partial charge on any atom is 0.490 e. The van der Waals surface area contributed by atoms with Gasteiger partial charge in [-0.1, -0.05) is 6.07 Å². The lowest BCUT2D eigenvalue weighted by Crippen LogP contribution is -2.49. The van der Waals surface area contributed by atoms with Gasteiger partial charge in [-0.05, 0) is 25.5 Å². The average Bonchev–Trinajstić information content (AvgIpc) is 3.56. The number of piperazine rings is 1. The molecule has 0 unspecified atom stereocenters. The summed E-state index contributed by atoms with van der Waals surface area (Å²) in [5, 5.41) is 24.7. The minimum absolute atomic E-state index is 0.331. The fraction of sp³-hybridized carbons (Fsp3) is 0.542. The van der Waals surface area contributed by atoms with Crippen LogP contribution in [-0.2, 0) is 32.3 Å². The number of aromatic nitrogens is 2. The van der Waals surface area contributed by atoms with Gasteiger partial charge in [-0.15, -0.1) is 11.3 Å². The van der Waals surface area contributed by atoms with Crippen molar-refractivity contribution in [1.29, 1.82) is 0 Å². The van der Waals surface area contributed by atoms with Crippen molar-refractivity contribution in [3.63, 3.8) is 0 Å². The normalized spacial score (nSPS) is 18.6. The molecule has 2 atom stereocenters. The van der Waals surface area contributed by atoms with Crippen molar-refractivity contribution in [2.24, 2.45) is 0 Å². The van der Waals surface area contributed by atoms with Gasteiger partial charge in [0, 0.05) is 49.5 Å².